The molecule has 3 rings (SSSR count). The third kappa shape index (κ3) is 3.18. The summed E-state index contributed by atoms with van der Waals surface area (Å²) >= 11 is 1.59. The Morgan fingerprint density at radius 3 is 2.82 bits per heavy atom. The molecule has 1 unspecified atom stereocenters. The lowest BCUT2D eigenvalue weighted by molar-refractivity contribution is 0.556. The maximum atomic E-state index is 12.2. The zero-order valence-corrected chi connectivity index (χ0v) is 13.9. The monoisotopic (exact) mass is 336 g/mol. The summed E-state index contributed by atoms with van der Waals surface area (Å²) < 4.78 is 29.8. The van der Waals surface area contributed by atoms with Gasteiger partial charge in [-0.25, -0.2) is 23.1 Å². The molecule has 2 heterocycles. The van der Waals surface area contributed by atoms with Gasteiger partial charge in [-0.05, 0) is 19.1 Å². The highest BCUT2D eigenvalue weighted by Gasteiger charge is 2.20. The first-order valence-electron chi connectivity index (χ1n) is 6.79. The largest absolute Gasteiger partial charge is 0.339 e. The van der Waals surface area contributed by atoms with Gasteiger partial charge >= 0.3 is 0 Å². The van der Waals surface area contributed by atoms with Crippen LogP contribution in [0.25, 0.3) is 10.2 Å². The highest BCUT2D eigenvalue weighted by atomic mass is 32.2. The minimum atomic E-state index is -3.59. The SMILES string of the molecule is CC(Cc1nc2ccccc2s1)NS(=O)(=O)c1cn(C)cn1. The van der Waals surface area contributed by atoms with Gasteiger partial charge < -0.3 is 4.57 Å². The molecule has 3 aromatic rings. The van der Waals surface area contributed by atoms with Crippen molar-refractivity contribution in [3.05, 3.63) is 41.8 Å². The van der Waals surface area contributed by atoms with Crippen molar-refractivity contribution in [3.8, 4) is 0 Å². The van der Waals surface area contributed by atoms with Crippen LogP contribution in [0.1, 0.15) is 11.9 Å². The molecule has 0 aliphatic heterocycles. The molecule has 0 saturated carbocycles. The number of aryl methyl sites for hydroxylation is 1. The molecule has 0 fully saturated rings. The van der Waals surface area contributed by atoms with Crippen molar-refractivity contribution in [1.29, 1.82) is 0 Å². The van der Waals surface area contributed by atoms with Crippen molar-refractivity contribution in [2.24, 2.45) is 7.05 Å². The average Bonchev–Trinajstić information content (AvgIpc) is 3.03. The Morgan fingerprint density at radius 1 is 1.36 bits per heavy atom. The second-order valence-corrected chi connectivity index (χ2v) is 7.96. The Morgan fingerprint density at radius 2 is 2.14 bits per heavy atom. The molecule has 6 nitrogen and oxygen atoms in total. The summed E-state index contributed by atoms with van der Waals surface area (Å²) in [6.45, 7) is 1.83. The Bertz CT molecular complexity index is 865. The van der Waals surface area contributed by atoms with Crippen LogP contribution in [-0.4, -0.2) is 29.0 Å². The number of hydrogen-bond donors (Lipinski definition) is 1. The Balaban J connectivity index is 1.73. The number of aromatic nitrogens is 3. The molecule has 0 amide bonds. The van der Waals surface area contributed by atoms with E-state index in [1.54, 1.807) is 23.0 Å². The van der Waals surface area contributed by atoms with Gasteiger partial charge in [0.15, 0.2) is 5.03 Å². The first kappa shape index (κ1) is 15.1. The number of benzene rings is 1. The van der Waals surface area contributed by atoms with Crippen molar-refractivity contribution in [3.63, 3.8) is 0 Å². The molecule has 0 radical (unpaired) electrons. The summed E-state index contributed by atoms with van der Waals surface area (Å²) in [5, 5.41) is 0.948. The highest BCUT2D eigenvalue weighted by Crippen LogP contribution is 2.22. The lowest BCUT2D eigenvalue weighted by atomic mass is 10.3. The summed E-state index contributed by atoms with van der Waals surface area (Å²) in [5.74, 6) is 0. The summed E-state index contributed by atoms with van der Waals surface area (Å²) in [6.07, 6.45) is 3.49. The number of nitrogens with zero attached hydrogens (tertiary/aromatic N) is 3. The van der Waals surface area contributed by atoms with Crippen LogP contribution >= 0.6 is 11.3 Å². The summed E-state index contributed by atoms with van der Waals surface area (Å²) in [5.41, 5.74) is 0.947. The van der Waals surface area contributed by atoms with Crippen LogP contribution in [0.4, 0.5) is 0 Å². The lowest BCUT2D eigenvalue weighted by Gasteiger charge is -2.11. The molecule has 1 aromatic carbocycles. The third-order valence-electron chi connectivity index (χ3n) is 3.13. The van der Waals surface area contributed by atoms with Gasteiger partial charge in [0, 0.05) is 25.7 Å². The lowest BCUT2D eigenvalue weighted by Crippen LogP contribution is -2.34. The Hall–Kier alpha value is -1.77. The maximum absolute atomic E-state index is 12.2. The molecule has 0 spiro atoms. The predicted octanol–water partition coefficient (Wildman–Crippen LogP) is 1.94. The second kappa shape index (κ2) is 5.79. The van der Waals surface area contributed by atoms with Crippen molar-refractivity contribution < 1.29 is 8.42 Å². The number of rotatable bonds is 5. The first-order valence-corrected chi connectivity index (χ1v) is 9.09. The summed E-state index contributed by atoms with van der Waals surface area (Å²) in [4.78, 5) is 8.41. The van der Waals surface area contributed by atoms with E-state index < -0.39 is 10.0 Å². The predicted molar refractivity (Wildman–Crippen MR) is 86.3 cm³/mol. The molecule has 0 aliphatic rings. The van der Waals surface area contributed by atoms with Crippen LogP contribution in [-0.2, 0) is 23.5 Å². The van der Waals surface area contributed by atoms with E-state index in [9.17, 15) is 8.42 Å². The van der Waals surface area contributed by atoms with Crippen LogP contribution in [0.3, 0.4) is 0 Å². The number of sulfonamides is 1. The van der Waals surface area contributed by atoms with Crippen molar-refractivity contribution in [2.45, 2.75) is 24.4 Å². The normalized spacial score (nSPS) is 13.5. The molecule has 1 N–H and O–H groups in total. The van der Waals surface area contributed by atoms with Crippen molar-refractivity contribution in [2.75, 3.05) is 0 Å². The van der Waals surface area contributed by atoms with Gasteiger partial charge in [-0.15, -0.1) is 11.3 Å². The first-order chi connectivity index (χ1) is 10.4. The van der Waals surface area contributed by atoms with E-state index in [0.717, 1.165) is 15.2 Å². The molecular weight excluding hydrogens is 320 g/mol. The van der Waals surface area contributed by atoms with E-state index in [1.807, 2.05) is 31.2 Å². The van der Waals surface area contributed by atoms with Gasteiger partial charge in [-0.2, -0.15) is 0 Å². The van der Waals surface area contributed by atoms with Gasteiger partial charge in [0.1, 0.15) is 0 Å². The minimum absolute atomic E-state index is 0.0335. The molecule has 8 heteroatoms. The molecule has 0 saturated heterocycles. The van der Waals surface area contributed by atoms with Gasteiger partial charge in [-0.1, -0.05) is 12.1 Å². The average molecular weight is 336 g/mol. The van der Waals surface area contributed by atoms with Crippen molar-refractivity contribution in [1.82, 2.24) is 19.3 Å². The topological polar surface area (TPSA) is 76.9 Å². The number of para-hydroxylation sites is 1. The smallest absolute Gasteiger partial charge is 0.259 e. The number of thiazole rings is 1. The number of nitrogens with one attached hydrogen (secondary N) is 1. The molecule has 0 aliphatic carbocycles. The zero-order chi connectivity index (χ0) is 15.7. The Labute approximate surface area is 132 Å². The quantitative estimate of drug-likeness (QED) is 0.772. The molecule has 1 atom stereocenters. The van der Waals surface area contributed by atoms with Crippen LogP contribution in [0.2, 0.25) is 0 Å². The maximum Gasteiger partial charge on any atom is 0.259 e. The van der Waals surface area contributed by atoms with E-state index in [-0.39, 0.29) is 11.1 Å². The van der Waals surface area contributed by atoms with Gasteiger partial charge in [-0.3, -0.25) is 0 Å². The van der Waals surface area contributed by atoms with Gasteiger partial charge in [0.2, 0.25) is 0 Å². The second-order valence-electron chi connectivity index (χ2n) is 5.18. The molecule has 0 bridgehead atoms. The molecule has 22 heavy (non-hydrogen) atoms. The minimum Gasteiger partial charge on any atom is -0.339 e. The number of hydrogen-bond acceptors (Lipinski definition) is 5. The Kier molecular flexibility index (Phi) is 3.98. The van der Waals surface area contributed by atoms with Gasteiger partial charge in [0.05, 0.1) is 21.6 Å². The standard InChI is InChI=1S/C14H16N4O2S2/c1-10(17-22(19,20)14-8-18(2)9-15-14)7-13-16-11-5-3-4-6-12(11)21-13/h3-6,8-10,17H,7H2,1-2H3. The fourth-order valence-corrected chi connectivity index (χ4v) is 4.48. The van der Waals surface area contributed by atoms with Crippen molar-refractivity contribution >= 4 is 31.6 Å². The van der Waals surface area contributed by atoms with Crippen LogP contribution in [0.5, 0.6) is 0 Å². The number of fused-ring (bicyclic) bond motifs is 1. The van der Waals surface area contributed by atoms with Gasteiger partial charge in [0.25, 0.3) is 10.0 Å². The fourth-order valence-electron chi connectivity index (χ4n) is 2.16. The zero-order valence-electron chi connectivity index (χ0n) is 12.2. The summed E-state index contributed by atoms with van der Waals surface area (Å²) in [6, 6.07) is 7.63. The molecule has 116 valence electrons. The van der Waals surface area contributed by atoms with E-state index >= 15 is 0 Å². The van der Waals surface area contributed by atoms with Crippen LogP contribution < -0.4 is 4.72 Å². The van der Waals surface area contributed by atoms with E-state index in [1.165, 1.54) is 12.5 Å². The molecular formula is C14H16N4O2S2. The van der Waals surface area contributed by atoms with E-state index in [4.69, 9.17) is 0 Å². The van der Waals surface area contributed by atoms with E-state index in [2.05, 4.69) is 14.7 Å². The summed E-state index contributed by atoms with van der Waals surface area (Å²) in [7, 11) is -1.86. The third-order valence-corrected chi connectivity index (χ3v) is 5.66. The van der Waals surface area contributed by atoms with Crippen LogP contribution in [0, 0.1) is 0 Å². The fraction of sp³-hybridized carbons (Fsp3) is 0.286. The van der Waals surface area contributed by atoms with E-state index in [0.29, 0.717) is 6.42 Å². The van der Waals surface area contributed by atoms with Crippen LogP contribution in [0.15, 0.2) is 41.8 Å². The highest BCUT2D eigenvalue weighted by molar-refractivity contribution is 7.89. The molecule has 2 aromatic heterocycles. The number of imidazole rings is 1.